The van der Waals surface area contributed by atoms with Gasteiger partial charge in [0.1, 0.15) is 0 Å². The van der Waals surface area contributed by atoms with Gasteiger partial charge in [-0.1, -0.05) is 18.3 Å². The summed E-state index contributed by atoms with van der Waals surface area (Å²) in [5.41, 5.74) is 1.04. The highest BCUT2D eigenvalue weighted by Crippen LogP contribution is 1.95. The van der Waals surface area contributed by atoms with Crippen molar-refractivity contribution in [2.75, 3.05) is 26.2 Å². The molecule has 1 N–H and O–H groups in total. The number of rotatable bonds is 8. The first-order valence-electron chi connectivity index (χ1n) is 5.55. The Balaban J connectivity index is 2.05. The van der Waals surface area contributed by atoms with E-state index in [1.807, 2.05) is 5.38 Å². The topological polar surface area (TPSA) is 41.0 Å². The third kappa shape index (κ3) is 5.20. The maximum absolute atomic E-state index is 3.98. The molecular weight excluding hydrogens is 208 g/mol. The molecule has 1 heterocycles. The molecule has 0 aliphatic carbocycles. The molecule has 0 unspecified atom stereocenters. The summed E-state index contributed by atoms with van der Waals surface area (Å²) in [6.07, 6.45) is 1.23. The highest BCUT2D eigenvalue weighted by molar-refractivity contribution is 7.03. The van der Waals surface area contributed by atoms with Crippen LogP contribution in [0.3, 0.4) is 0 Å². The molecule has 1 aromatic heterocycles. The molecule has 0 saturated carbocycles. The van der Waals surface area contributed by atoms with Gasteiger partial charge in [0.25, 0.3) is 0 Å². The van der Waals surface area contributed by atoms with Crippen molar-refractivity contribution in [3.8, 4) is 0 Å². The monoisotopic (exact) mass is 228 g/mol. The summed E-state index contributed by atoms with van der Waals surface area (Å²) in [5.74, 6) is 0. The van der Waals surface area contributed by atoms with Gasteiger partial charge in [0.15, 0.2) is 0 Å². The van der Waals surface area contributed by atoms with Crippen LogP contribution in [-0.4, -0.2) is 40.7 Å². The molecule has 15 heavy (non-hydrogen) atoms. The number of aromatic nitrogens is 2. The molecule has 5 heteroatoms. The SMILES string of the molecule is CCCN(CC)CCNCc1csnn1. The van der Waals surface area contributed by atoms with Crippen LogP contribution in [0.15, 0.2) is 5.38 Å². The first-order chi connectivity index (χ1) is 7.36. The minimum absolute atomic E-state index is 0.834. The molecular formula is C10H20N4S. The summed E-state index contributed by atoms with van der Waals surface area (Å²) in [7, 11) is 0. The van der Waals surface area contributed by atoms with Crippen LogP contribution in [0.5, 0.6) is 0 Å². The molecule has 0 spiro atoms. The lowest BCUT2D eigenvalue weighted by atomic mass is 10.4. The maximum Gasteiger partial charge on any atom is 0.0893 e. The Labute approximate surface area is 95.8 Å². The van der Waals surface area contributed by atoms with Crippen molar-refractivity contribution in [2.45, 2.75) is 26.8 Å². The normalized spacial score (nSPS) is 11.1. The standard InChI is InChI=1S/C10H20N4S/c1-3-6-14(4-2)7-5-11-8-10-9-15-13-12-10/h9,11H,3-8H2,1-2H3. The van der Waals surface area contributed by atoms with Crippen molar-refractivity contribution in [3.63, 3.8) is 0 Å². The van der Waals surface area contributed by atoms with E-state index in [1.165, 1.54) is 24.5 Å². The van der Waals surface area contributed by atoms with Crippen molar-refractivity contribution in [3.05, 3.63) is 11.1 Å². The minimum Gasteiger partial charge on any atom is -0.310 e. The molecule has 0 aliphatic heterocycles. The number of likely N-dealkylation sites (N-methyl/N-ethyl adjacent to an activating group) is 1. The predicted molar refractivity (Wildman–Crippen MR) is 64.0 cm³/mol. The van der Waals surface area contributed by atoms with E-state index in [9.17, 15) is 0 Å². The Morgan fingerprint density at radius 3 is 2.87 bits per heavy atom. The smallest absolute Gasteiger partial charge is 0.0893 e. The molecule has 86 valence electrons. The van der Waals surface area contributed by atoms with Gasteiger partial charge < -0.3 is 10.2 Å². The van der Waals surface area contributed by atoms with E-state index in [0.29, 0.717) is 0 Å². The van der Waals surface area contributed by atoms with E-state index in [1.54, 1.807) is 0 Å². The molecule has 1 rings (SSSR count). The van der Waals surface area contributed by atoms with E-state index >= 15 is 0 Å². The fraction of sp³-hybridized carbons (Fsp3) is 0.800. The zero-order valence-electron chi connectivity index (χ0n) is 9.57. The summed E-state index contributed by atoms with van der Waals surface area (Å²) in [6.45, 7) is 9.72. The van der Waals surface area contributed by atoms with Crippen molar-refractivity contribution in [2.24, 2.45) is 0 Å². The molecule has 0 radical (unpaired) electrons. The average Bonchev–Trinajstić information content (AvgIpc) is 2.75. The lowest BCUT2D eigenvalue weighted by Gasteiger charge is -2.19. The number of hydrogen-bond donors (Lipinski definition) is 1. The third-order valence-corrected chi connectivity index (χ3v) is 2.86. The quantitative estimate of drug-likeness (QED) is 0.682. The summed E-state index contributed by atoms with van der Waals surface area (Å²) >= 11 is 1.41. The van der Waals surface area contributed by atoms with Crippen LogP contribution < -0.4 is 5.32 Å². The third-order valence-electron chi connectivity index (χ3n) is 2.30. The van der Waals surface area contributed by atoms with Gasteiger partial charge in [-0.05, 0) is 31.0 Å². The van der Waals surface area contributed by atoms with Crippen LogP contribution in [0.4, 0.5) is 0 Å². The zero-order valence-corrected chi connectivity index (χ0v) is 10.4. The van der Waals surface area contributed by atoms with E-state index in [2.05, 4.69) is 33.7 Å². The second-order valence-electron chi connectivity index (χ2n) is 3.51. The first kappa shape index (κ1) is 12.5. The second-order valence-corrected chi connectivity index (χ2v) is 4.12. The summed E-state index contributed by atoms with van der Waals surface area (Å²) < 4.78 is 3.82. The highest BCUT2D eigenvalue weighted by Gasteiger charge is 2.00. The Kier molecular flexibility index (Phi) is 6.47. The Morgan fingerprint density at radius 1 is 1.40 bits per heavy atom. The van der Waals surface area contributed by atoms with Crippen LogP contribution in [-0.2, 0) is 6.54 Å². The zero-order chi connectivity index (χ0) is 10.9. The summed E-state index contributed by atoms with van der Waals surface area (Å²) in [4.78, 5) is 2.45. The molecule has 0 aliphatic rings. The second kappa shape index (κ2) is 7.73. The lowest BCUT2D eigenvalue weighted by Crippen LogP contribution is -2.32. The van der Waals surface area contributed by atoms with Gasteiger partial charge in [0.05, 0.1) is 5.69 Å². The molecule has 1 aromatic rings. The van der Waals surface area contributed by atoms with Crippen molar-refractivity contribution in [1.29, 1.82) is 0 Å². The van der Waals surface area contributed by atoms with Crippen LogP contribution in [0.2, 0.25) is 0 Å². The van der Waals surface area contributed by atoms with Gasteiger partial charge in [0, 0.05) is 25.0 Å². The molecule has 0 bridgehead atoms. The Bertz CT molecular complexity index is 238. The van der Waals surface area contributed by atoms with Crippen LogP contribution in [0, 0.1) is 0 Å². The molecule has 0 fully saturated rings. The fourth-order valence-corrected chi connectivity index (χ4v) is 1.91. The number of hydrogen-bond acceptors (Lipinski definition) is 5. The highest BCUT2D eigenvalue weighted by atomic mass is 32.1. The van der Waals surface area contributed by atoms with Crippen LogP contribution in [0.1, 0.15) is 26.0 Å². The van der Waals surface area contributed by atoms with E-state index < -0.39 is 0 Å². The van der Waals surface area contributed by atoms with Crippen LogP contribution >= 0.6 is 11.5 Å². The van der Waals surface area contributed by atoms with Crippen molar-refractivity contribution >= 4 is 11.5 Å². The van der Waals surface area contributed by atoms with Gasteiger partial charge in [-0.2, -0.15) is 0 Å². The summed E-state index contributed by atoms with van der Waals surface area (Å²) in [6, 6.07) is 0. The average molecular weight is 228 g/mol. The van der Waals surface area contributed by atoms with Gasteiger partial charge in [0.2, 0.25) is 0 Å². The van der Waals surface area contributed by atoms with Gasteiger partial charge in [-0.25, -0.2) is 0 Å². The van der Waals surface area contributed by atoms with Gasteiger partial charge in [-0.3, -0.25) is 0 Å². The van der Waals surface area contributed by atoms with Crippen molar-refractivity contribution < 1.29 is 0 Å². The lowest BCUT2D eigenvalue weighted by molar-refractivity contribution is 0.287. The number of nitrogens with one attached hydrogen (secondary N) is 1. The summed E-state index contributed by atoms with van der Waals surface area (Å²) in [5, 5.41) is 9.34. The molecule has 0 atom stereocenters. The first-order valence-corrected chi connectivity index (χ1v) is 6.39. The van der Waals surface area contributed by atoms with Gasteiger partial charge >= 0.3 is 0 Å². The Hall–Kier alpha value is -0.520. The van der Waals surface area contributed by atoms with Crippen LogP contribution in [0.25, 0.3) is 0 Å². The minimum atomic E-state index is 0.834. The van der Waals surface area contributed by atoms with E-state index in [0.717, 1.165) is 31.9 Å². The van der Waals surface area contributed by atoms with E-state index in [-0.39, 0.29) is 0 Å². The largest absolute Gasteiger partial charge is 0.310 e. The van der Waals surface area contributed by atoms with Crippen molar-refractivity contribution in [1.82, 2.24) is 19.8 Å². The number of nitrogens with zero attached hydrogens (tertiary/aromatic N) is 3. The molecule has 4 nitrogen and oxygen atoms in total. The van der Waals surface area contributed by atoms with Gasteiger partial charge in [-0.15, -0.1) is 5.10 Å². The maximum atomic E-state index is 3.98. The Morgan fingerprint density at radius 2 is 2.27 bits per heavy atom. The molecule has 0 aromatic carbocycles. The molecule has 0 saturated heterocycles. The fourth-order valence-electron chi connectivity index (χ4n) is 1.46. The van der Waals surface area contributed by atoms with E-state index in [4.69, 9.17) is 0 Å². The predicted octanol–water partition coefficient (Wildman–Crippen LogP) is 1.36. The molecule has 0 amide bonds.